The second-order valence-electron chi connectivity index (χ2n) is 3.18. The van der Waals surface area contributed by atoms with Crippen molar-refractivity contribution in [3.8, 4) is 0 Å². The normalized spacial score (nSPS) is 12.1. The van der Waals surface area contributed by atoms with Crippen LogP contribution in [0.5, 0.6) is 0 Å². The van der Waals surface area contributed by atoms with Gasteiger partial charge >= 0.3 is 5.97 Å². The second-order valence-corrected chi connectivity index (χ2v) is 3.59. The number of nitro groups is 1. The first kappa shape index (κ1) is 12.4. The number of hydrogen-bond acceptors (Lipinski definition) is 4. The predicted molar refractivity (Wildman–Crippen MR) is 57.4 cm³/mol. The van der Waals surface area contributed by atoms with E-state index in [2.05, 4.69) is 0 Å². The maximum absolute atomic E-state index is 10.5. The highest BCUT2D eigenvalue weighted by Crippen LogP contribution is 2.23. The Morgan fingerprint density at radius 1 is 1.62 bits per heavy atom. The van der Waals surface area contributed by atoms with Crippen LogP contribution in [-0.2, 0) is 11.2 Å². The molecule has 1 aromatic carbocycles. The van der Waals surface area contributed by atoms with Crippen molar-refractivity contribution in [3.63, 3.8) is 0 Å². The van der Waals surface area contributed by atoms with Crippen LogP contribution in [0.25, 0.3) is 0 Å². The van der Waals surface area contributed by atoms with Crippen molar-refractivity contribution in [1.29, 1.82) is 0 Å². The van der Waals surface area contributed by atoms with Crippen molar-refractivity contribution in [2.45, 2.75) is 12.5 Å². The van der Waals surface area contributed by atoms with Crippen LogP contribution in [0.2, 0.25) is 5.02 Å². The van der Waals surface area contributed by atoms with Crippen molar-refractivity contribution in [2.75, 3.05) is 0 Å². The number of carbonyl (C=O) groups is 1. The summed E-state index contributed by atoms with van der Waals surface area (Å²) in [6.07, 6.45) is 0.0339. The van der Waals surface area contributed by atoms with Gasteiger partial charge in [0.1, 0.15) is 6.04 Å². The molecule has 0 aliphatic rings. The van der Waals surface area contributed by atoms with E-state index in [9.17, 15) is 14.9 Å². The van der Waals surface area contributed by atoms with Gasteiger partial charge in [-0.3, -0.25) is 14.9 Å². The van der Waals surface area contributed by atoms with Gasteiger partial charge in [-0.25, -0.2) is 0 Å². The van der Waals surface area contributed by atoms with E-state index >= 15 is 0 Å². The lowest BCUT2D eigenvalue weighted by atomic mass is 10.1. The molecule has 0 amide bonds. The maximum Gasteiger partial charge on any atom is 0.320 e. The molecule has 1 rings (SSSR count). The molecule has 86 valence electrons. The summed E-state index contributed by atoms with van der Waals surface area (Å²) >= 11 is 5.77. The smallest absolute Gasteiger partial charge is 0.320 e. The number of nitro benzene ring substituents is 1. The zero-order valence-electron chi connectivity index (χ0n) is 8.09. The third-order valence-electron chi connectivity index (χ3n) is 2.00. The van der Waals surface area contributed by atoms with E-state index in [1.54, 1.807) is 0 Å². The lowest BCUT2D eigenvalue weighted by molar-refractivity contribution is -0.384. The maximum atomic E-state index is 10.5. The summed E-state index contributed by atoms with van der Waals surface area (Å²) in [4.78, 5) is 20.4. The van der Waals surface area contributed by atoms with E-state index in [4.69, 9.17) is 22.4 Å². The van der Waals surface area contributed by atoms with Crippen LogP contribution in [0.3, 0.4) is 0 Å². The third kappa shape index (κ3) is 2.91. The van der Waals surface area contributed by atoms with Crippen molar-refractivity contribution < 1.29 is 14.8 Å². The van der Waals surface area contributed by atoms with E-state index in [1.807, 2.05) is 0 Å². The first-order valence-corrected chi connectivity index (χ1v) is 4.71. The van der Waals surface area contributed by atoms with Gasteiger partial charge in [0.25, 0.3) is 5.69 Å². The second kappa shape index (κ2) is 4.91. The predicted octanol–water partition coefficient (Wildman–Crippen LogP) is 1.20. The number of carboxylic acid groups (broad SMARTS) is 1. The van der Waals surface area contributed by atoms with Gasteiger partial charge in [-0.05, 0) is 12.0 Å². The Hall–Kier alpha value is -1.66. The van der Waals surface area contributed by atoms with Gasteiger partial charge in [-0.1, -0.05) is 17.7 Å². The van der Waals surface area contributed by atoms with Gasteiger partial charge in [-0.15, -0.1) is 0 Å². The number of nitrogens with zero attached hydrogens (tertiary/aromatic N) is 1. The minimum Gasteiger partial charge on any atom is -0.480 e. The highest BCUT2D eigenvalue weighted by Gasteiger charge is 2.16. The minimum atomic E-state index is -1.14. The summed E-state index contributed by atoms with van der Waals surface area (Å²) in [6, 6.07) is 2.77. The zero-order valence-corrected chi connectivity index (χ0v) is 8.85. The molecular formula is C9H9ClN2O4. The fraction of sp³-hybridized carbons (Fsp3) is 0.222. The summed E-state index contributed by atoms with van der Waals surface area (Å²) in [7, 11) is 0. The molecule has 0 spiro atoms. The van der Waals surface area contributed by atoms with Crippen LogP contribution < -0.4 is 5.73 Å². The monoisotopic (exact) mass is 244 g/mol. The quantitative estimate of drug-likeness (QED) is 0.611. The van der Waals surface area contributed by atoms with Crippen LogP contribution >= 0.6 is 11.6 Å². The van der Waals surface area contributed by atoms with Crippen LogP contribution in [0, 0.1) is 10.1 Å². The SMILES string of the molecule is N[C@H](Cc1ccc([N+](=O)[O-])cc1Cl)C(=O)O. The molecular weight excluding hydrogens is 236 g/mol. The van der Waals surface area contributed by atoms with Crippen LogP contribution in [0.1, 0.15) is 5.56 Å². The molecule has 16 heavy (non-hydrogen) atoms. The van der Waals surface area contributed by atoms with Gasteiger partial charge in [0.2, 0.25) is 0 Å². The molecule has 0 radical (unpaired) electrons. The molecule has 0 saturated heterocycles. The average Bonchev–Trinajstić information content (AvgIpc) is 2.20. The number of non-ortho nitro benzene ring substituents is 1. The number of rotatable bonds is 4. The Balaban J connectivity index is 2.91. The summed E-state index contributed by atoms with van der Waals surface area (Å²) < 4.78 is 0. The molecule has 1 aromatic rings. The number of aliphatic carboxylic acids is 1. The highest BCUT2D eigenvalue weighted by molar-refractivity contribution is 6.31. The highest BCUT2D eigenvalue weighted by atomic mass is 35.5. The van der Waals surface area contributed by atoms with E-state index in [0.29, 0.717) is 5.56 Å². The van der Waals surface area contributed by atoms with E-state index in [1.165, 1.54) is 18.2 Å². The topological polar surface area (TPSA) is 106 Å². The molecule has 0 bridgehead atoms. The number of carboxylic acids is 1. The van der Waals surface area contributed by atoms with Crippen LogP contribution in [0.4, 0.5) is 5.69 Å². The summed E-state index contributed by atoms with van der Waals surface area (Å²) in [5.41, 5.74) is 5.66. The molecule has 3 N–H and O–H groups in total. The van der Waals surface area contributed by atoms with E-state index in [-0.39, 0.29) is 17.1 Å². The zero-order chi connectivity index (χ0) is 12.3. The van der Waals surface area contributed by atoms with E-state index in [0.717, 1.165) is 0 Å². The molecule has 7 heteroatoms. The third-order valence-corrected chi connectivity index (χ3v) is 2.36. The molecule has 0 heterocycles. The van der Waals surface area contributed by atoms with Crippen molar-refractivity contribution in [3.05, 3.63) is 38.9 Å². The van der Waals surface area contributed by atoms with Gasteiger partial charge in [0.15, 0.2) is 0 Å². The Morgan fingerprint density at radius 2 is 2.25 bits per heavy atom. The molecule has 0 fully saturated rings. The lowest BCUT2D eigenvalue weighted by Gasteiger charge is -2.07. The van der Waals surface area contributed by atoms with Crippen molar-refractivity contribution in [2.24, 2.45) is 5.73 Å². The number of benzene rings is 1. The van der Waals surface area contributed by atoms with E-state index < -0.39 is 16.9 Å². The Bertz CT molecular complexity index is 436. The number of nitrogens with two attached hydrogens (primary N) is 1. The van der Waals surface area contributed by atoms with Gasteiger partial charge in [0.05, 0.1) is 9.95 Å². The molecule has 6 nitrogen and oxygen atoms in total. The van der Waals surface area contributed by atoms with Crippen molar-refractivity contribution >= 4 is 23.3 Å². The fourth-order valence-electron chi connectivity index (χ4n) is 1.14. The average molecular weight is 245 g/mol. The summed E-state index contributed by atoms with van der Waals surface area (Å²) in [6.45, 7) is 0. The van der Waals surface area contributed by atoms with Gasteiger partial charge in [-0.2, -0.15) is 0 Å². The molecule has 0 aliphatic heterocycles. The van der Waals surface area contributed by atoms with Crippen molar-refractivity contribution in [1.82, 2.24) is 0 Å². The standard InChI is InChI=1S/C9H9ClN2O4/c10-7-4-6(12(15)16)2-1-5(7)3-8(11)9(13)14/h1-2,4,8H,3,11H2,(H,13,14)/t8-/m1/s1. The Labute approximate surface area is 95.8 Å². The largest absolute Gasteiger partial charge is 0.480 e. The van der Waals surface area contributed by atoms with Crippen LogP contribution in [-0.4, -0.2) is 22.0 Å². The Morgan fingerprint density at radius 3 is 2.69 bits per heavy atom. The summed E-state index contributed by atoms with van der Waals surface area (Å²) in [5, 5.41) is 19.2. The molecule has 0 aliphatic carbocycles. The summed E-state index contributed by atoms with van der Waals surface area (Å²) in [5.74, 6) is -1.14. The van der Waals surface area contributed by atoms with Crippen LogP contribution in [0.15, 0.2) is 18.2 Å². The van der Waals surface area contributed by atoms with Gasteiger partial charge < -0.3 is 10.8 Å². The first-order chi connectivity index (χ1) is 7.41. The number of hydrogen-bond donors (Lipinski definition) is 2. The molecule has 0 unspecified atom stereocenters. The van der Waals surface area contributed by atoms with Gasteiger partial charge in [0, 0.05) is 12.1 Å². The fourth-order valence-corrected chi connectivity index (χ4v) is 1.39. The molecule has 1 atom stereocenters. The Kier molecular flexibility index (Phi) is 3.81. The first-order valence-electron chi connectivity index (χ1n) is 4.33. The number of halogens is 1. The molecule has 0 aromatic heterocycles. The lowest BCUT2D eigenvalue weighted by Crippen LogP contribution is -2.32. The minimum absolute atomic E-state index is 0.0339. The molecule has 0 saturated carbocycles.